The molecule has 0 spiro atoms. The molecule has 0 aliphatic carbocycles. The van der Waals surface area contributed by atoms with E-state index in [0.717, 1.165) is 38.6 Å². The Balaban J connectivity index is 3.08. The molecule has 3 heteroatoms. The first-order chi connectivity index (χ1) is 9.65. The van der Waals surface area contributed by atoms with Crippen LogP contribution in [0.2, 0.25) is 0 Å². The van der Waals surface area contributed by atoms with Gasteiger partial charge in [-0.2, -0.15) is 0 Å². The molecule has 0 aromatic heterocycles. The molecule has 0 saturated carbocycles. The lowest BCUT2D eigenvalue weighted by atomic mass is 9.85. The topological polar surface area (TPSA) is 12.0 Å². The first-order valence-electron chi connectivity index (χ1n) is 7.82. The lowest BCUT2D eigenvalue weighted by Gasteiger charge is -2.29. The fourth-order valence-corrected chi connectivity index (χ4v) is 2.83. The monoisotopic (exact) mass is 283 g/mol. The van der Waals surface area contributed by atoms with Crippen molar-refractivity contribution in [1.82, 2.24) is 5.32 Å². The molecule has 20 heavy (non-hydrogen) atoms. The van der Waals surface area contributed by atoms with Gasteiger partial charge in [0, 0.05) is 11.6 Å². The fraction of sp³-hybridized carbons (Fsp3) is 0.647. The van der Waals surface area contributed by atoms with Gasteiger partial charge in [0.15, 0.2) is 0 Å². The maximum Gasteiger partial charge on any atom is 0.130 e. The van der Waals surface area contributed by atoms with E-state index in [-0.39, 0.29) is 17.5 Å². The van der Waals surface area contributed by atoms with Gasteiger partial charge in [0.2, 0.25) is 0 Å². The minimum Gasteiger partial charge on any atom is -0.310 e. The Bertz CT molecular complexity index is 366. The maximum absolute atomic E-state index is 14.1. The second kappa shape index (κ2) is 9.06. The van der Waals surface area contributed by atoms with Crippen LogP contribution in [0.5, 0.6) is 0 Å². The second-order valence-corrected chi connectivity index (χ2v) is 5.40. The van der Waals surface area contributed by atoms with Crippen molar-refractivity contribution < 1.29 is 8.78 Å². The van der Waals surface area contributed by atoms with Gasteiger partial charge in [-0.25, -0.2) is 8.78 Å². The first kappa shape index (κ1) is 17.1. The molecule has 0 aliphatic heterocycles. The molecule has 114 valence electrons. The molecule has 1 rings (SSSR count). The minimum absolute atomic E-state index is 0.216. The van der Waals surface area contributed by atoms with Gasteiger partial charge in [0.25, 0.3) is 0 Å². The molecule has 0 amide bonds. The quantitative estimate of drug-likeness (QED) is 0.655. The zero-order valence-corrected chi connectivity index (χ0v) is 12.9. The van der Waals surface area contributed by atoms with Crippen LogP contribution in [-0.4, -0.2) is 6.54 Å². The average Bonchev–Trinajstić information content (AvgIpc) is 2.42. The molecular formula is C17H27F2N. The highest BCUT2D eigenvalue weighted by Crippen LogP contribution is 2.32. The predicted molar refractivity (Wildman–Crippen MR) is 80.7 cm³/mol. The van der Waals surface area contributed by atoms with Crippen LogP contribution in [-0.2, 0) is 0 Å². The van der Waals surface area contributed by atoms with E-state index in [0.29, 0.717) is 0 Å². The number of hydrogen-bond acceptors (Lipinski definition) is 1. The molecule has 0 fully saturated rings. The Kier molecular flexibility index (Phi) is 7.75. The minimum atomic E-state index is -0.434. The van der Waals surface area contributed by atoms with Gasteiger partial charge in [-0.3, -0.25) is 0 Å². The van der Waals surface area contributed by atoms with Crippen molar-refractivity contribution >= 4 is 0 Å². The van der Waals surface area contributed by atoms with E-state index < -0.39 is 11.6 Å². The number of rotatable bonds is 9. The highest BCUT2D eigenvalue weighted by Gasteiger charge is 2.26. The van der Waals surface area contributed by atoms with Crippen LogP contribution in [0.3, 0.4) is 0 Å². The van der Waals surface area contributed by atoms with E-state index in [1.54, 1.807) is 0 Å². The first-order valence-corrected chi connectivity index (χ1v) is 7.82. The molecule has 1 atom stereocenters. The summed E-state index contributed by atoms with van der Waals surface area (Å²) in [5.41, 5.74) is 0.216. The lowest BCUT2D eigenvalue weighted by molar-refractivity contribution is 0.301. The van der Waals surface area contributed by atoms with Crippen LogP contribution >= 0.6 is 0 Å². The summed E-state index contributed by atoms with van der Waals surface area (Å²) in [6.07, 6.45) is 5.00. The van der Waals surface area contributed by atoms with Crippen LogP contribution in [0.25, 0.3) is 0 Å². The van der Waals surface area contributed by atoms with Gasteiger partial charge in [-0.05, 0) is 43.9 Å². The normalized spacial score (nSPS) is 12.9. The third-order valence-corrected chi connectivity index (χ3v) is 3.72. The van der Waals surface area contributed by atoms with E-state index in [1.807, 2.05) is 0 Å². The van der Waals surface area contributed by atoms with E-state index in [4.69, 9.17) is 0 Å². The van der Waals surface area contributed by atoms with Crippen LogP contribution < -0.4 is 5.32 Å². The summed E-state index contributed by atoms with van der Waals surface area (Å²) in [5.74, 6) is -0.588. The highest BCUT2D eigenvalue weighted by atomic mass is 19.1. The van der Waals surface area contributed by atoms with Crippen LogP contribution in [0.1, 0.15) is 64.5 Å². The van der Waals surface area contributed by atoms with E-state index in [2.05, 4.69) is 26.1 Å². The molecule has 0 radical (unpaired) electrons. The third kappa shape index (κ3) is 4.55. The van der Waals surface area contributed by atoms with Crippen molar-refractivity contribution in [2.45, 2.75) is 58.9 Å². The largest absolute Gasteiger partial charge is 0.310 e. The van der Waals surface area contributed by atoms with Crippen LogP contribution in [0.15, 0.2) is 18.2 Å². The molecule has 0 heterocycles. The molecular weight excluding hydrogens is 256 g/mol. The van der Waals surface area contributed by atoms with Crippen molar-refractivity contribution in [1.29, 1.82) is 0 Å². The van der Waals surface area contributed by atoms with Gasteiger partial charge in [0.05, 0.1) is 0 Å². The number of benzene rings is 1. The smallest absolute Gasteiger partial charge is 0.130 e. The highest BCUT2D eigenvalue weighted by molar-refractivity contribution is 5.24. The zero-order chi connectivity index (χ0) is 15.0. The zero-order valence-electron chi connectivity index (χ0n) is 12.9. The SMILES string of the molecule is CCCNC(c1c(F)cccc1F)C(CCC)CCC. The summed E-state index contributed by atoms with van der Waals surface area (Å²) in [7, 11) is 0. The van der Waals surface area contributed by atoms with E-state index >= 15 is 0 Å². The predicted octanol–water partition coefficient (Wildman–Crippen LogP) is 5.22. The number of hydrogen-bond donors (Lipinski definition) is 1. The summed E-state index contributed by atoms with van der Waals surface area (Å²) in [6.45, 7) is 7.09. The maximum atomic E-state index is 14.1. The van der Waals surface area contributed by atoms with Gasteiger partial charge >= 0.3 is 0 Å². The fourth-order valence-electron chi connectivity index (χ4n) is 2.83. The Morgan fingerprint density at radius 1 is 0.950 bits per heavy atom. The van der Waals surface area contributed by atoms with Gasteiger partial charge in [-0.15, -0.1) is 0 Å². The molecule has 0 aliphatic rings. The Morgan fingerprint density at radius 2 is 1.50 bits per heavy atom. The number of halogens is 2. The summed E-state index contributed by atoms with van der Waals surface area (Å²) < 4.78 is 28.2. The van der Waals surface area contributed by atoms with Crippen molar-refractivity contribution in [3.63, 3.8) is 0 Å². The summed E-state index contributed by atoms with van der Waals surface area (Å²) in [6, 6.07) is 3.91. The molecule has 1 aromatic carbocycles. The Hall–Kier alpha value is -0.960. The van der Waals surface area contributed by atoms with Crippen molar-refractivity contribution in [3.05, 3.63) is 35.4 Å². The lowest BCUT2D eigenvalue weighted by Crippen LogP contribution is -2.30. The van der Waals surface area contributed by atoms with E-state index in [9.17, 15) is 8.78 Å². The van der Waals surface area contributed by atoms with Gasteiger partial charge in [0.1, 0.15) is 11.6 Å². The van der Waals surface area contributed by atoms with Crippen LogP contribution in [0, 0.1) is 17.6 Å². The summed E-state index contributed by atoms with van der Waals surface area (Å²) >= 11 is 0. The molecule has 1 N–H and O–H groups in total. The second-order valence-electron chi connectivity index (χ2n) is 5.40. The summed E-state index contributed by atoms with van der Waals surface area (Å²) in [5, 5.41) is 3.36. The number of nitrogens with one attached hydrogen (secondary N) is 1. The molecule has 1 nitrogen and oxygen atoms in total. The third-order valence-electron chi connectivity index (χ3n) is 3.72. The Morgan fingerprint density at radius 3 is 1.95 bits per heavy atom. The van der Waals surface area contributed by atoms with E-state index in [1.165, 1.54) is 18.2 Å². The molecule has 0 saturated heterocycles. The van der Waals surface area contributed by atoms with Crippen molar-refractivity contribution in [2.24, 2.45) is 5.92 Å². The molecule has 1 unspecified atom stereocenters. The van der Waals surface area contributed by atoms with Gasteiger partial charge < -0.3 is 5.32 Å². The summed E-state index contributed by atoms with van der Waals surface area (Å²) in [4.78, 5) is 0. The van der Waals surface area contributed by atoms with Gasteiger partial charge in [-0.1, -0.05) is 39.7 Å². The van der Waals surface area contributed by atoms with Crippen molar-refractivity contribution in [3.8, 4) is 0 Å². The Labute approximate surface area is 121 Å². The standard InChI is InChI=1S/C17H27F2N/c1-4-8-13(9-5-2)17(20-12-6-3)16-14(18)10-7-11-15(16)19/h7,10-11,13,17,20H,4-6,8-9,12H2,1-3H3. The van der Waals surface area contributed by atoms with Crippen molar-refractivity contribution in [2.75, 3.05) is 6.54 Å². The average molecular weight is 283 g/mol. The molecule has 0 bridgehead atoms. The van der Waals surface area contributed by atoms with Crippen LogP contribution in [0.4, 0.5) is 8.78 Å². The molecule has 1 aromatic rings.